The summed E-state index contributed by atoms with van der Waals surface area (Å²) in [5, 5.41) is 11.8. The molecule has 0 heterocycles. The standard InChI is InChI=1S/C14H21NO3/c1-3-5-10(6-4-2)13(16)15-12-8-7-11(9-12)14(17)18/h3-4,10-12H,1-2,5-9H2,(H,15,16)(H,17,18)/t11-,12+/m1/s1. The van der Waals surface area contributed by atoms with E-state index in [0.29, 0.717) is 25.7 Å². The lowest BCUT2D eigenvalue weighted by Crippen LogP contribution is -2.37. The largest absolute Gasteiger partial charge is 0.481 e. The molecule has 1 fully saturated rings. The van der Waals surface area contributed by atoms with E-state index < -0.39 is 5.97 Å². The molecule has 0 bridgehead atoms. The smallest absolute Gasteiger partial charge is 0.306 e. The van der Waals surface area contributed by atoms with Gasteiger partial charge in [-0.15, -0.1) is 13.2 Å². The monoisotopic (exact) mass is 251 g/mol. The summed E-state index contributed by atoms with van der Waals surface area (Å²) in [5.74, 6) is -1.23. The van der Waals surface area contributed by atoms with Gasteiger partial charge in [0.2, 0.25) is 5.91 Å². The summed E-state index contributed by atoms with van der Waals surface area (Å²) >= 11 is 0. The third kappa shape index (κ3) is 4.02. The third-order valence-electron chi connectivity index (χ3n) is 3.40. The van der Waals surface area contributed by atoms with Crippen molar-refractivity contribution in [2.24, 2.45) is 11.8 Å². The lowest BCUT2D eigenvalue weighted by atomic mass is 10.00. The first-order valence-corrected chi connectivity index (χ1v) is 6.33. The molecule has 0 aromatic rings. The van der Waals surface area contributed by atoms with Crippen LogP contribution in [0.25, 0.3) is 0 Å². The summed E-state index contributed by atoms with van der Waals surface area (Å²) in [6.45, 7) is 7.28. The van der Waals surface area contributed by atoms with Crippen molar-refractivity contribution in [2.75, 3.05) is 0 Å². The van der Waals surface area contributed by atoms with Crippen LogP contribution in [-0.2, 0) is 9.59 Å². The van der Waals surface area contributed by atoms with Crippen molar-refractivity contribution in [3.8, 4) is 0 Å². The molecule has 2 N–H and O–H groups in total. The molecular formula is C14H21NO3. The van der Waals surface area contributed by atoms with Crippen molar-refractivity contribution in [3.05, 3.63) is 25.3 Å². The minimum absolute atomic E-state index is 0.00395. The first-order chi connectivity index (χ1) is 8.58. The fourth-order valence-electron chi connectivity index (χ4n) is 2.37. The van der Waals surface area contributed by atoms with Crippen molar-refractivity contribution >= 4 is 11.9 Å². The number of carbonyl (C=O) groups excluding carboxylic acids is 1. The molecule has 1 saturated carbocycles. The Kier molecular flexibility index (Phi) is 5.62. The maximum Gasteiger partial charge on any atom is 0.306 e. The van der Waals surface area contributed by atoms with Gasteiger partial charge in [-0.1, -0.05) is 12.2 Å². The van der Waals surface area contributed by atoms with Gasteiger partial charge in [0.1, 0.15) is 0 Å². The highest BCUT2D eigenvalue weighted by molar-refractivity contribution is 5.79. The number of hydrogen-bond donors (Lipinski definition) is 2. The fourth-order valence-corrected chi connectivity index (χ4v) is 2.37. The van der Waals surface area contributed by atoms with Gasteiger partial charge in [-0.05, 0) is 32.1 Å². The zero-order valence-corrected chi connectivity index (χ0v) is 10.6. The molecule has 100 valence electrons. The predicted molar refractivity (Wildman–Crippen MR) is 70.0 cm³/mol. The van der Waals surface area contributed by atoms with Gasteiger partial charge < -0.3 is 10.4 Å². The zero-order valence-electron chi connectivity index (χ0n) is 10.6. The Hall–Kier alpha value is -1.58. The molecule has 0 aromatic carbocycles. The molecule has 4 heteroatoms. The minimum atomic E-state index is -0.763. The second kappa shape index (κ2) is 6.99. The number of carboxylic acids is 1. The van der Waals surface area contributed by atoms with Crippen molar-refractivity contribution in [1.82, 2.24) is 5.32 Å². The van der Waals surface area contributed by atoms with Crippen molar-refractivity contribution in [1.29, 1.82) is 0 Å². The van der Waals surface area contributed by atoms with Gasteiger partial charge in [0.15, 0.2) is 0 Å². The van der Waals surface area contributed by atoms with Gasteiger partial charge in [-0.2, -0.15) is 0 Å². The van der Waals surface area contributed by atoms with Crippen LogP contribution < -0.4 is 5.32 Å². The summed E-state index contributed by atoms with van der Waals surface area (Å²) in [7, 11) is 0. The van der Waals surface area contributed by atoms with E-state index in [9.17, 15) is 9.59 Å². The molecule has 1 aliphatic carbocycles. The number of carboxylic acid groups (broad SMARTS) is 1. The van der Waals surface area contributed by atoms with E-state index in [1.54, 1.807) is 12.2 Å². The normalized spacial score (nSPS) is 22.7. The third-order valence-corrected chi connectivity index (χ3v) is 3.40. The summed E-state index contributed by atoms with van der Waals surface area (Å²) in [4.78, 5) is 22.8. The number of allylic oxidation sites excluding steroid dienone is 2. The van der Waals surface area contributed by atoms with Gasteiger partial charge in [0, 0.05) is 12.0 Å². The molecule has 0 aromatic heterocycles. The summed E-state index contributed by atoms with van der Waals surface area (Å²) in [6.07, 6.45) is 6.62. The number of hydrogen-bond acceptors (Lipinski definition) is 2. The first kappa shape index (κ1) is 14.5. The van der Waals surface area contributed by atoms with E-state index in [2.05, 4.69) is 18.5 Å². The van der Waals surface area contributed by atoms with Crippen LogP contribution in [0.2, 0.25) is 0 Å². The van der Waals surface area contributed by atoms with E-state index in [4.69, 9.17) is 5.11 Å². The Morgan fingerprint density at radius 2 is 1.89 bits per heavy atom. The minimum Gasteiger partial charge on any atom is -0.481 e. The predicted octanol–water partition coefficient (Wildman–Crippen LogP) is 2.12. The number of amides is 1. The summed E-state index contributed by atoms with van der Waals surface area (Å²) in [5.41, 5.74) is 0. The highest BCUT2D eigenvalue weighted by Crippen LogP contribution is 2.26. The van der Waals surface area contributed by atoms with E-state index in [1.807, 2.05) is 0 Å². The number of nitrogens with one attached hydrogen (secondary N) is 1. The Labute approximate surface area is 108 Å². The van der Waals surface area contributed by atoms with Gasteiger partial charge in [-0.3, -0.25) is 9.59 Å². The van der Waals surface area contributed by atoms with E-state index in [1.165, 1.54) is 0 Å². The number of rotatable bonds is 7. The average Bonchev–Trinajstić information content (AvgIpc) is 2.77. The maximum atomic E-state index is 12.0. The molecule has 0 radical (unpaired) electrons. The van der Waals surface area contributed by atoms with E-state index >= 15 is 0 Å². The Morgan fingerprint density at radius 1 is 1.28 bits per heavy atom. The van der Waals surface area contributed by atoms with E-state index in [0.717, 1.165) is 6.42 Å². The summed E-state index contributed by atoms with van der Waals surface area (Å²) in [6, 6.07) is -0.00395. The van der Waals surface area contributed by atoms with Crippen molar-refractivity contribution < 1.29 is 14.7 Å². The topological polar surface area (TPSA) is 66.4 Å². The second-order valence-corrected chi connectivity index (χ2v) is 4.80. The maximum absolute atomic E-state index is 12.0. The van der Waals surface area contributed by atoms with Gasteiger partial charge in [0.05, 0.1) is 5.92 Å². The number of carbonyl (C=O) groups is 2. The SMILES string of the molecule is C=CCC(CC=C)C(=O)N[C@H]1CC[C@@H](C(=O)O)C1. The molecule has 2 atom stereocenters. The molecule has 0 saturated heterocycles. The van der Waals surface area contributed by atoms with Gasteiger partial charge in [0.25, 0.3) is 0 Å². The van der Waals surface area contributed by atoms with Crippen LogP contribution in [-0.4, -0.2) is 23.0 Å². The van der Waals surface area contributed by atoms with Crippen molar-refractivity contribution in [3.63, 3.8) is 0 Å². The van der Waals surface area contributed by atoms with Crippen LogP contribution >= 0.6 is 0 Å². The highest BCUT2D eigenvalue weighted by Gasteiger charge is 2.31. The fraction of sp³-hybridized carbons (Fsp3) is 0.571. The molecule has 18 heavy (non-hydrogen) atoms. The highest BCUT2D eigenvalue weighted by atomic mass is 16.4. The average molecular weight is 251 g/mol. The molecule has 0 spiro atoms. The Balaban J connectivity index is 2.46. The molecule has 0 unspecified atom stereocenters. The van der Waals surface area contributed by atoms with Crippen LogP contribution in [0.4, 0.5) is 0 Å². The second-order valence-electron chi connectivity index (χ2n) is 4.80. The molecular weight excluding hydrogens is 230 g/mol. The van der Waals surface area contributed by atoms with Crippen LogP contribution in [0.3, 0.4) is 0 Å². The molecule has 1 aliphatic rings. The Bertz CT molecular complexity index is 328. The Morgan fingerprint density at radius 3 is 2.33 bits per heavy atom. The van der Waals surface area contributed by atoms with Crippen LogP contribution in [0.1, 0.15) is 32.1 Å². The first-order valence-electron chi connectivity index (χ1n) is 6.33. The molecule has 4 nitrogen and oxygen atoms in total. The zero-order chi connectivity index (χ0) is 13.5. The van der Waals surface area contributed by atoms with Crippen LogP contribution in [0.5, 0.6) is 0 Å². The number of aliphatic carboxylic acids is 1. The quantitative estimate of drug-likeness (QED) is 0.681. The van der Waals surface area contributed by atoms with Crippen molar-refractivity contribution in [2.45, 2.75) is 38.1 Å². The summed E-state index contributed by atoms with van der Waals surface area (Å²) < 4.78 is 0. The van der Waals surface area contributed by atoms with Crippen LogP contribution in [0, 0.1) is 11.8 Å². The molecule has 1 amide bonds. The molecule has 1 rings (SSSR count). The van der Waals surface area contributed by atoms with Crippen LogP contribution in [0.15, 0.2) is 25.3 Å². The lowest BCUT2D eigenvalue weighted by molar-refractivity contribution is -0.141. The van der Waals surface area contributed by atoms with Gasteiger partial charge in [-0.25, -0.2) is 0 Å². The van der Waals surface area contributed by atoms with E-state index in [-0.39, 0.29) is 23.8 Å². The van der Waals surface area contributed by atoms with Gasteiger partial charge >= 0.3 is 5.97 Å². The lowest BCUT2D eigenvalue weighted by Gasteiger charge is -2.17. The molecule has 0 aliphatic heterocycles.